The van der Waals surface area contributed by atoms with Gasteiger partial charge in [0.2, 0.25) is 11.7 Å². The number of hydrogen-bond acceptors (Lipinski definition) is 5. The number of aliphatic carboxylic acids is 1. The molecule has 0 fully saturated rings. The topological polar surface area (TPSA) is 79.5 Å². The summed E-state index contributed by atoms with van der Waals surface area (Å²) in [4.78, 5) is 16.5. The predicted molar refractivity (Wildman–Crippen MR) is 72.9 cm³/mol. The zero-order valence-electron chi connectivity index (χ0n) is 11.9. The van der Waals surface area contributed by atoms with Gasteiger partial charge in [-0.25, -0.2) is 8.78 Å². The molecule has 0 radical (unpaired) electrons. The van der Waals surface area contributed by atoms with E-state index < -0.39 is 17.6 Å². The Labute approximate surface area is 125 Å². The van der Waals surface area contributed by atoms with E-state index in [4.69, 9.17) is 9.63 Å². The summed E-state index contributed by atoms with van der Waals surface area (Å²) >= 11 is 0. The number of hydrogen-bond donors (Lipinski definition) is 1. The number of carboxylic acid groups (broad SMARTS) is 1. The number of nitrogens with zero attached hydrogens (tertiary/aromatic N) is 3. The molecule has 0 bridgehead atoms. The smallest absolute Gasteiger partial charge is 0.317 e. The monoisotopic (exact) mass is 311 g/mol. The van der Waals surface area contributed by atoms with Crippen LogP contribution in [0.25, 0.3) is 11.4 Å². The average Bonchev–Trinajstić information content (AvgIpc) is 2.90. The van der Waals surface area contributed by atoms with Crippen LogP contribution in [0.15, 0.2) is 22.7 Å². The Kier molecular flexibility index (Phi) is 5.16. The van der Waals surface area contributed by atoms with Gasteiger partial charge in [-0.3, -0.25) is 9.69 Å². The molecule has 2 aromatic rings. The van der Waals surface area contributed by atoms with Gasteiger partial charge in [0.25, 0.3) is 0 Å². The van der Waals surface area contributed by atoms with Gasteiger partial charge in [-0.05, 0) is 31.2 Å². The van der Waals surface area contributed by atoms with Gasteiger partial charge in [0.1, 0.15) is 0 Å². The van der Waals surface area contributed by atoms with E-state index in [2.05, 4.69) is 10.1 Å². The molecule has 0 aliphatic rings. The molecular weight excluding hydrogens is 296 g/mol. The Morgan fingerprint density at radius 2 is 2.14 bits per heavy atom. The molecule has 8 heteroatoms. The molecular formula is C14H15F2N3O3. The molecule has 0 saturated heterocycles. The van der Waals surface area contributed by atoms with Gasteiger partial charge in [-0.15, -0.1) is 0 Å². The van der Waals surface area contributed by atoms with Crippen molar-refractivity contribution in [3.05, 3.63) is 35.7 Å². The molecule has 118 valence electrons. The standard InChI is InChI=1S/C14H15F2N3O3/c1-2-5-19(8-13(20)21)7-12-17-14(18-22-12)9-3-4-10(15)11(16)6-9/h3-4,6H,2,5,7-8H2,1H3,(H,20,21). The van der Waals surface area contributed by atoms with Crippen LogP contribution in [0.3, 0.4) is 0 Å². The van der Waals surface area contributed by atoms with Crippen LogP contribution in [0.2, 0.25) is 0 Å². The maximum Gasteiger partial charge on any atom is 0.317 e. The largest absolute Gasteiger partial charge is 0.480 e. The zero-order chi connectivity index (χ0) is 16.1. The van der Waals surface area contributed by atoms with Crippen molar-refractivity contribution in [1.29, 1.82) is 0 Å². The highest BCUT2D eigenvalue weighted by atomic mass is 19.2. The predicted octanol–water partition coefficient (Wildman–Crippen LogP) is 2.31. The van der Waals surface area contributed by atoms with Gasteiger partial charge in [0.15, 0.2) is 11.6 Å². The van der Waals surface area contributed by atoms with E-state index in [0.717, 1.165) is 18.6 Å². The number of halogens is 2. The first-order valence-electron chi connectivity index (χ1n) is 6.71. The van der Waals surface area contributed by atoms with E-state index in [1.54, 1.807) is 4.90 Å². The molecule has 0 spiro atoms. The summed E-state index contributed by atoms with van der Waals surface area (Å²) in [5.74, 6) is -2.56. The first-order valence-corrected chi connectivity index (χ1v) is 6.71. The fourth-order valence-corrected chi connectivity index (χ4v) is 1.98. The van der Waals surface area contributed by atoms with Crippen LogP contribution in [-0.2, 0) is 11.3 Å². The number of carbonyl (C=O) groups is 1. The first kappa shape index (κ1) is 16.0. The Balaban J connectivity index is 2.12. The van der Waals surface area contributed by atoms with Crippen LogP contribution >= 0.6 is 0 Å². The molecule has 1 N–H and O–H groups in total. The summed E-state index contributed by atoms with van der Waals surface area (Å²) in [5.41, 5.74) is 0.286. The minimum Gasteiger partial charge on any atom is -0.480 e. The lowest BCUT2D eigenvalue weighted by Gasteiger charge is -2.16. The van der Waals surface area contributed by atoms with Crippen molar-refractivity contribution in [2.24, 2.45) is 0 Å². The lowest BCUT2D eigenvalue weighted by Crippen LogP contribution is -2.30. The van der Waals surface area contributed by atoms with Gasteiger partial charge in [-0.1, -0.05) is 12.1 Å². The third-order valence-electron chi connectivity index (χ3n) is 2.90. The molecule has 0 saturated carbocycles. The molecule has 1 aromatic carbocycles. The maximum atomic E-state index is 13.2. The summed E-state index contributed by atoms with van der Waals surface area (Å²) in [7, 11) is 0. The highest BCUT2D eigenvalue weighted by Crippen LogP contribution is 2.19. The van der Waals surface area contributed by atoms with Gasteiger partial charge < -0.3 is 9.63 Å². The molecule has 0 amide bonds. The zero-order valence-corrected chi connectivity index (χ0v) is 11.9. The summed E-state index contributed by atoms with van der Waals surface area (Å²) in [6, 6.07) is 3.30. The third kappa shape index (κ3) is 4.08. The molecule has 2 rings (SSSR count). The van der Waals surface area contributed by atoms with Crippen LogP contribution in [-0.4, -0.2) is 39.2 Å². The van der Waals surface area contributed by atoms with E-state index in [-0.39, 0.29) is 30.4 Å². The van der Waals surface area contributed by atoms with Gasteiger partial charge in [0.05, 0.1) is 13.1 Å². The van der Waals surface area contributed by atoms with Crippen molar-refractivity contribution in [3.8, 4) is 11.4 Å². The lowest BCUT2D eigenvalue weighted by molar-refractivity contribution is -0.138. The second-order valence-electron chi connectivity index (χ2n) is 4.75. The van der Waals surface area contributed by atoms with E-state index in [0.29, 0.717) is 6.54 Å². The third-order valence-corrected chi connectivity index (χ3v) is 2.90. The van der Waals surface area contributed by atoms with Crippen molar-refractivity contribution in [3.63, 3.8) is 0 Å². The fraction of sp³-hybridized carbons (Fsp3) is 0.357. The molecule has 0 aliphatic carbocycles. The average molecular weight is 311 g/mol. The molecule has 6 nitrogen and oxygen atoms in total. The van der Waals surface area contributed by atoms with Gasteiger partial charge >= 0.3 is 5.97 Å². The van der Waals surface area contributed by atoms with Crippen LogP contribution in [0.5, 0.6) is 0 Å². The number of rotatable bonds is 7. The van der Waals surface area contributed by atoms with Crippen LogP contribution < -0.4 is 0 Å². The van der Waals surface area contributed by atoms with Crippen molar-refractivity contribution in [1.82, 2.24) is 15.0 Å². The lowest BCUT2D eigenvalue weighted by atomic mass is 10.2. The van der Waals surface area contributed by atoms with E-state index in [1.165, 1.54) is 6.07 Å². The normalized spacial score (nSPS) is 11.1. The second-order valence-corrected chi connectivity index (χ2v) is 4.75. The molecule has 0 unspecified atom stereocenters. The van der Waals surface area contributed by atoms with E-state index in [9.17, 15) is 13.6 Å². The molecule has 1 heterocycles. The maximum absolute atomic E-state index is 13.2. The number of benzene rings is 1. The summed E-state index contributed by atoms with van der Waals surface area (Å²) in [6.45, 7) is 2.53. The van der Waals surface area contributed by atoms with Crippen LogP contribution in [0, 0.1) is 11.6 Å². The Hall–Kier alpha value is -2.35. The quantitative estimate of drug-likeness (QED) is 0.845. The summed E-state index contributed by atoms with van der Waals surface area (Å²) in [5, 5.41) is 12.5. The van der Waals surface area contributed by atoms with Crippen molar-refractivity contribution >= 4 is 5.97 Å². The summed E-state index contributed by atoms with van der Waals surface area (Å²) < 4.78 is 31.1. The highest BCUT2D eigenvalue weighted by Gasteiger charge is 2.15. The molecule has 22 heavy (non-hydrogen) atoms. The van der Waals surface area contributed by atoms with Crippen LogP contribution in [0.4, 0.5) is 8.78 Å². The minimum atomic E-state index is -0.998. The Morgan fingerprint density at radius 3 is 2.77 bits per heavy atom. The molecule has 1 aromatic heterocycles. The van der Waals surface area contributed by atoms with Crippen LogP contribution in [0.1, 0.15) is 19.2 Å². The van der Waals surface area contributed by atoms with Crippen molar-refractivity contribution in [2.75, 3.05) is 13.1 Å². The molecule has 0 atom stereocenters. The van der Waals surface area contributed by atoms with Crippen molar-refractivity contribution < 1.29 is 23.2 Å². The highest BCUT2D eigenvalue weighted by molar-refractivity contribution is 5.69. The fourth-order valence-electron chi connectivity index (χ4n) is 1.98. The van der Waals surface area contributed by atoms with E-state index in [1.807, 2.05) is 6.92 Å². The first-order chi connectivity index (χ1) is 10.5. The van der Waals surface area contributed by atoms with Crippen molar-refractivity contribution in [2.45, 2.75) is 19.9 Å². The van der Waals surface area contributed by atoms with Gasteiger partial charge in [0, 0.05) is 5.56 Å². The molecule has 0 aliphatic heterocycles. The Morgan fingerprint density at radius 1 is 1.36 bits per heavy atom. The second kappa shape index (κ2) is 7.08. The van der Waals surface area contributed by atoms with E-state index >= 15 is 0 Å². The number of carboxylic acids is 1. The SMILES string of the molecule is CCCN(CC(=O)O)Cc1nc(-c2ccc(F)c(F)c2)no1. The van der Waals surface area contributed by atoms with Gasteiger partial charge in [-0.2, -0.15) is 4.98 Å². The Bertz CT molecular complexity index is 661. The summed E-state index contributed by atoms with van der Waals surface area (Å²) in [6.07, 6.45) is 0.775. The minimum absolute atomic E-state index is 0.126. The number of aromatic nitrogens is 2.